The van der Waals surface area contributed by atoms with Crippen molar-refractivity contribution in [1.82, 2.24) is 0 Å². The van der Waals surface area contributed by atoms with Crippen LogP contribution in [0.15, 0.2) is 0 Å². The predicted molar refractivity (Wildman–Crippen MR) is 52.8 cm³/mol. The van der Waals surface area contributed by atoms with Crippen molar-refractivity contribution in [3.05, 3.63) is 0 Å². The maximum absolute atomic E-state index is 9.52. The van der Waals surface area contributed by atoms with Gasteiger partial charge in [0.2, 0.25) is 0 Å². The smallest absolute Gasteiger partial charge is 0.186 e. The second-order valence-electron chi connectivity index (χ2n) is 3.87. The summed E-state index contributed by atoms with van der Waals surface area (Å²) in [5, 5.41) is 54.9. The SMILES string of the molecule is OC[C@H](O)CO[C@@H]1O[C@H](CO)[C@H](O)[C@H](O)[C@@H]1O. The molecule has 1 rings (SSSR count). The molecule has 0 saturated carbocycles. The summed E-state index contributed by atoms with van der Waals surface area (Å²) in [6, 6.07) is 0. The van der Waals surface area contributed by atoms with Gasteiger partial charge >= 0.3 is 0 Å². The van der Waals surface area contributed by atoms with Crippen LogP contribution in [0, 0.1) is 0 Å². The van der Waals surface area contributed by atoms with Crippen LogP contribution < -0.4 is 0 Å². The van der Waals surface area contributed by atoms with Crippen LogP contribution in [0.4, 0.5) is 0 Å². The number of rotatable bonds is 5. The van der Waals surface area contributed by atoms with E-state index in [1.165, 1.54) is 0 Å². The van der Waals surface area contributed by atoms with E-state index in [1.54, 1.807) is 0 Å². The minimum Gasteiger partial charge on any atom is -0.394 e. The van der Waals surface area contributed by atoms with E-state index in [0.717, 1.165) is 0 Å². The number of hydrogen-bond donors (Lipinski definition) is 6. The van der Waals surface area contributed by atoms with Crippen LogP contribution in [-0.2, 0) is 9.47 Å². The lowest BCUT2D eigenvalue weighted by Gasteiger charge is -2.39. The molecule has 1 saturated heterocycles. The van der Waals surface area contributed by atoms with Crippen molar-refractivity contribution in [1.29, 1.82) is 0 Å². The summed E-state index contributed by atoms with van der Waals surface area (Å²) in [5.74, 6) is 0. The highest BCUT2D eigenvalue weighted by Gasteiger charge is 2.44. The van der Waals surface area contributed by atoms with Gasteiger partial charge in [0.25, 0.3) is 0 Å². The molecule has 0 spiro atoms. The van der Waals surface area contributed by atoms with E-state index < -0.39 is 50.0 Å². The van der Waals surface area contributed by atoms with E-state index in [2.05, 4.69) is 0 Å². The average molecular weight is 254 g/mol. The van der Waals surface area contributed by atoms with Gasteiger partial charge in [0.15, 0.2) is 6.29 Å². The lowest BCUT2D eigenvalue weighted by atomic mass is 9.99. The Bertz CT molecular complexity index is 223. The zero-order chi connectivity index (χ0) is 13.0. The molecule has 102 valence electrons. The average Bonchev–Trinajstić information content (AvgIpc) is 2.34. The molecule has 0 amide bonds. The van der Waals surface area contributed by atoms with E-state index in [9.17, 15) is 15.3 Å². The molecule has 6 atom stereocenters. The highest BCUT2D eigenvalue weighted by molar-refractivity contribution is 4.88. The van der Waals surface area contributed by atoms with Crippen LogP contribution in [0.1, 0.15) is 0 Å². The molecule has 6 N–H and O–H groups in total. The molecule has 0 aromatic heterocycles. The third-order valence-electron chi connectivity index (χ3n) is 2.51. The van der Waals surface area contributed by atoms with E-state index in [0.29, 0.717) is 0 Å². The molecule has 1 aliphatic rings. The van der Waals surface area contributed by atoms with Crippen molar-refractivity contribution in [3.63, 3.8) is 0 Å². The van der Waals surface area contributed by atoms with Crippen LogP contribution in [-0.4, -0.2) is 87.3 Å². The molecular formula is C9H18O8. The third-order valence-corrected chi connectivity index (χ3v) is 2.51. The molecule has 0 radical (unpaired) electrons. The first-order valence-electron chi connectivity index (χ1n) is 5.22. The quantitative estimate of drug-likeness (QED) is 0.293. The monoisotopic (exact) mass is 254 g/mol. The molecule has 1 heterocycles. The summed E-state index contributed by atoms with van der Waals surface area (Å²) < 4.78 is 9.93. The highest BCUT2D eigenvalue weighted by atomic mass is 16.7. The molecule has 8 heteroatoms. The molecule has 0 aromatic carbocycles. The van der Waals surface area contributed by atoms with Crippen LogP contribution in [0.3, 0.4) is 0 Å². The molecule has 0 aliphatic carbocycles. The summed E-state index contributed by atoms with van der Waals surface area (Å²) in [4.78, 5) is 0. The summed E-state index contributed by atoms with van der Waals surface area (Å²) in [6.07, 6.45) is -7.94. The maximum Gasteiger partial charge on any atom is 0.186 e. The van der Waals surface area contributed by atoms with Crippen molar-refractivity contribution in [2.24, 2.45) is 0 Å². The Kier molecular flexibility index (Phi) is 5.70. The van der Waals surface area contributed by atoms with Crippen molar-refractivity contribution >= 4 is 0 Å². The van der Waals surface area contributed by atoms with Crippen molar-refractivity contribution < 1.29 is 40.1 Å². The molecule has 0 unspecified atom stereocenters. The van der Waals surface area contributed by atoms with Crippen LogP contribution >= 0.6 is 0 Å². The topological polar surface area (TPSA) is 140 Å². The Morgan fingerprint density at radius 3 is 2.24 bits per heavy atom. The third kappa shape index (κ3) is 3.57. The van der Waals surface area contributed by atoms with Gasteiger partial charge in [-0.1, -0.05) is 0 Å². The van der Waals surface area contributed by atoms with Crippen LogP contribution in [0.5, 0.6) is 0 Å². The fourth-order valence-corrected chi connectivity index (χ4v) is 1.46. The highest BCUT2D eigenvalue weighted by Crippen LogP contribution is 2.21. The van der Waals surface area contributed by atoms with Gasteiger partial charge in [0.05, 0.1) is 19.8 Å². The minimum atomic E-state index is -1.52. The fourth-order valence-electron chi connectivity index (χ4n) is 1.46. The predicted octanol–water partition coefficient (Wildman–Crippen LogP) is -3.84. The number of hydrogen-bond acceptors (Lipinski definition) is 8. The Hall–Kier alpha value is -0.320. The van der Waals surface area contributed by atoms with Gasteiger partial charge in [0.1, 0.15) is 30.5 Å². The molecular weight excluding hydrogens is 236 g/mol. The van der Waals surface area contributed by atoms with Crippen molar-refractivity contribution in [3.8, 4) is 0 Å². The van der Waals surface area contributed by atoms with Gasteiger partial charge < -0.3 is 40.1 Å². The summed E-state index contributed by atoms with van der Waals surface area (Å²) in [5.41, 5.74) is 0. The van der Waals surface area contributed by atoms with Gasteiger partial charge in [-0.25, -0.2) is 0 Å². The first-order valence-corrected chi connectivity index (χ1v) is 5.22. The number of aliphatic hydroxyl groups excluding tert-OH is 6. The van der Waals surface area contributed by atoms with E-state index in [-0.39, 0.29) is 6.61 Å². The lowest BCUT2D eigenvalue weighted by molar-refractivity contribution is -0.304. The van der Waals surface area contributed by atoms with E-state index in [1.807, 2.05) is 0 Å². The first-order chi connectivity index (χ1) is 8.01. The van der Waals surface area contributed by atoms with E-state index >= 15 is 0 Å². The van der Waals surface area contributed by atoms with Gasteiger partial charge in [-0.05, 0) is 0 Å². The maximum atomic E-state index is 9.52. The van der Waals surface area contributed by atoms with Crippen molar-refractivity contribution in [2.45, 2.75) is 36.8 Å². The lowest BCUT2D eigenvalue weighted by Crippen LogP contribution is -2.59. The van der Waals surface area contributed by atoms with Gasteiger partial charge in [-0.15, -0.1) is 0 Å². The molecule has 17 heavy (non-hydrogen) atoms. The summed E-state index contributed by atoms with van der Waals surface area (Å²) >= 11 is 0. The normalized spacial score (nSPS) is 40.2. The summed E-state index contributed by atoms with van der Waals surface area (Å²) in [7, 11) is 0. The Labute approximate surface area is 97.6 Å². The number of ether oxygens (including phenoxy) is 2. The second kappa shape index (κ2) is 6.57. The standard InChI is InChI=1S/C9H18O8/c10-1-4(12)3-16-9-8(15)7(14)6(13)5(2-11)17-9/h4-15H,1-3H2/t4-,5+,6-,7-,8-,9+/m0/s1. The van der Waals surface area contributed by atoms with Gasteiger partial charge in [-0.3, -0.25) is 0 Å². The zero-order valence-electron chi connectivity index (χ0n) is 9.09. The zero-order valence-corrected chi connectivity index (χ0v) is 9.09. The molecule has 8 nitrogen and oxygen atoms in total. The Morgan fingerprint density at radius 2 is 1.71 bits per heavy atom. The van der Waals surface area contributed by atoms with Gasteiger partial charge in [0, 0.05) is 0 Å². The molecule has 0 aromatic rings. The Morgan fingerprint density at radius 1 is 1.06 bits per heavy atom. The van der Waals surface area contributed by atoms with Crippen LogP contribution in [0.2, 0.25) is 0 Å². The minimum absolute atomic E-state index is 0.306. The molecule has 1 aliphatic heterocycles. The largest absolute Gasteiger partial charge is 0.394 e. The van der Waals surface area contributed by atoms with Gasteiger partial charge in [-0.2, -0.15) is 0 Å². The summed E-state index contributed by atoms with van der Waals surface area (Å²) in [6.45, 7) is -1.37. The molecule has 0 bridgehead atoms. The van der Waals surface area contributed by atoms with Crippen molar-refractivity contribution in [2.75, 3.05) is 19.8 Å². The molecule has 1 fully saturated rings. The van der Waals surface area contributed by atoms with E-state index in [4.69, 9.17) is 24.8 Å². The second-order valence-corrected chi connectivity index (χ2v) is 3.87. The Balaban J connectivity index is 2.53. The van der Waals surface area contributed by atoms with Crippen LogP contribution in [0.25, 0.3) is 0 Å². The number of aliphatic hydroxyl groups is 6. The first kappa shape index (κ1) is 14.7. The fraction of sp³-hybridized carbons (Fsp3) is 1.00.